The Morgan fingerprint density at radius 2 is 2.05 bits per heavy atom. The maximum Gasteiger partial charge on any atom is 0.0640 e. The summed E-state index contributed by atoms with van der Waals surface area (Å²) in [6, 6.07) is 13.0. The maximum atomic E-state index is 6.29. The summed E-state index contributed by atoms with van der Waals surface area (Å²) in [7, 11) is 0. The number of nitrogens with one attached hydrogen (secondary N) is 1. The van der Waals surface area contributed by atoms with Gasteiger partial charge in [-0.25, -0.2) is 0 Å². The summed E-state index contributed by atoms with van der Waals surface area (Å²) in [5.41, 5.74) is 5.02. The van der Waals surface area contributed by atoms with Crippen LogP contribution in [0.3, 0.4) is 0 Å². The van der Waals surface area contributed by atoms with Crippen LogP contribution in [-0.4, -0.2) is 0 Å². The topological polar surface area (TPSA) is 12.0 Å². The van der Waals surface area contributed by atoms with Gasteiger partial charge in [0.2, 0.25) is 0 Å². The molecule has 1 aliphatic rings. The Hall–Kier alpha value is -0.990. The van der Waals surface area contributed by atoms with E-state index in [0.29, 0.717) is 6.04 Å². The number of aryl methyl sites for hydroxylation is 2. The van der Waals surface area contributed by atoms with E-state index in [-0.39, 0.29) is 0 Å². The fourth-order valence-corrected chi connectivity index (χ4v) is 3.36. The molecule has 1 nitrogen and oxygen atoms in total. The number of fused-ring (bicyclic) bond motifs is 1. The van der Waals surface area contributed by atoms with E-state index in [4.69, 9.17) is 11.6 Å². The molecule has 1 N–H and O–H groups in total. The Balaban J connectivity index is 1.86. The van der Waals surface area contributed by atoms with Gasteiger partial charge < -0.3 is 5.32 Å². The first-order valence-corrected chi connectivity index (χ1v) is 7.61. The van der Waals surface area contributed by atoms with E-state index in [1.807, 2.05) is 6.07 Å². The van der Waals surface area contributed by atoms with Crippen molar-refractivity contribution in [2.45, 2.75) is 25.8 Å². The molecule has 0 heterocycles. The van der Waals surface area contributed by atoms with Gasteiger partial charge in [-0.3, -0.25) is 0 Å². The van der Waals surface area contributed by atoms with Gasteiger partial charge in [0.1, 0.15) is 0 Å². The van der Waals surface area contributed by atoms with Crippen molar-refractivity contribution in [3.05, 3.63) is 62.6 Å². The Morgan fingerprint density at radius 1 is 1.21 bits per heavy atom. The molecular weight excluding hydrogens is 322 g/mol. The van der Waals surface area contributed by atoms with Crippen LogP contribution in [0, 0.1) is 6.92 Å². The van der Waals surface area contributed by atoms with Gasteiger partial charge in [0, 0.05) is 4.47 Å². The minimum Gasteiger partial charge on any atom is -0.377 e. The van der Waals surface area contributed by atoms with Gasteiger partial charge in [-0.2, -0.15) is 0 Å². The number of hydrogen-bond donors (Lipinski definition) is 1. The Morgan fingerprint density at radius 3 is 2.84 bits per heavy atom. The molecule has 0 aromatic heterocycles. The summed E-state index contributed by atoms with van der Waals surface area (Å²) in [5.74, 6) is 0. The number of rotatable bonds is 2. The molecular formula is C16H15BrClN. The third-order valence-corrected chi connectivity index (χ3v) is 4.44. The van der Waals surface area contributed by atoms with Gasteiger partial charge in [0.25, 0.3) is 0 Å². The summed E-state index contributed by atoms with van der Waals surface area (Å²) < 4.78 is 1.15. The second-order valence-electron chi connectivity index (χ2n) is 5.06. The fourth-order valence-electron chi connectivity index (χ4n) is 2.66. The fraction of sp³-hybridized carbons (Fsp3) is 0.250. The summed E-state index contributed by atoms with van der Waals surface area (Å²) in [4.78, 5) is 0. The van der Waals surface area contributed by atoms with Crippen molar-refractivity contribution < 1.29 is 0 Å². The van der Waals surface area contributed by atoms with Crippen molar-refractivity contribution in [3.8, 4) is 0 Å². The molecule has 3 rings (SSSR count). The van der Waals surface area contributed by atoms with Gasteiger partial charge in [-0.05, 0) is 60.7 Å². The quantitative estimate of drug-likeness (QED) is 0.762. The smallest absolute Gasteiger partial charge is 0.0640 e. The zero-order chi connectivity index (χ0) is 13.4. The van der Waals surface area contributed by atoms with Gasteiger partial charge in [0.05, 0.1) is 16.8 Å². The lowest BCUT2D eigenvalue weighted by Crippen LogP contribution is -2.07. The highest BCUT2D eigenvalue weighted by atomic mass is 79.9. The molecule has 0 bridgehead atoms. The van der Waals surface area contributed by atoms with Gasteiger partial charge in [0.15, 0.2) is 0 Å². The number of halogens is 2. The average molecular weight is 337 g/mol. The second kappa shape index (κ2) is 5.18. The van der Waals surface area contributed by atoms with Crippen molar-refractivity contribution in [1.29, 1.82) is 0 Å². The molecule has 19 heavy (non-hydrogen) atoms. The molecule has 0 saturated heterocycles. The summed E-state index contributed by atoms with van der Waals surface area (Å²) in [6.45, 7) is 2.05. The van der Waals surface area contributed by atoms with Crippen LogP contribution in [0.15, 0.2) is 40.9 Å². The molecule has 0 saturated carbocycles. The minimum atomic E-state index is 0.364. The lowest BCUT2D eigenvalue weighted by atomic mass is 10.1. The molecule has 1 aliphatic carbocycles. The van der Waals surface area contributed by atoms with Gasteiger partial charge in [-0.1, -0.05) is 39.7 Å². The van der Waals surface area contributed by atoms with E-state index in [0.717, 1.165) is 28.0 Å². The van der Waals surface area contributed by atoms with Crippen molar-refractivity contribution in [1.82, 2.24) is 0 Å². The standard InChI is InChI=1S/C16H15BrClN/c1-10-2-6-16(14(18)8-10)19-15-7-3-11-9-12(17)4-5-13(11)15/h2,4-6,8-9,15,19H,3,7H2,1H3. The molecule has 2 aromatic rings. The first-order chi connectivity index (χ1) is 9.13. The average Bonchev–Trinajstić information content (AvgIpc) is 2.75. The minimum absolute atomic E-state index is 0.364. The predicted octanol–water partition coefficient (Wildman–Crippen LogP) is 5.51. The highest BCUT2D eigenvalue weighted by Gasteiger charge is 2.22. The molecule has 1 atom stereocenters. The second-order valence-corrected chi connectivity index (χ2v) is 6.38. The molecule has 2 aromatic carbocycles. The van der Waals surface area contributed by atoms with Crippen molar-refractivity contribution >= 4 is 33.2 Å². The molecule has 0 aliphatic heterocycles. The van der Waals surface area contributed by atoms with E-state index >= 15 is 0 Å². The first kappa shape index (κ1) is 13.0. The molecule has 0 radical (unpaired) electrons. The molecule has 1 unspecified atom stereocenters. The Labute approximate surface area is 127 Å². The summed E-state index contributed by atoms with van der Waals surface area (Å²) in [5, 5.41) is 4.36. The van der Waals surface area contributed by atoms with Crippen LogP contribution in [0.25, 0.3) is 0 Å². The normalized spacial score (nSPS) is 17.3. The van der Waals surface area contributed by atoms with Crippen LogP contribution >= 0.6 is 27.5 Å². The van der Waals surface area contributed by atoms with Crippen LogP contribution in [-0.2, 0) is 6.42 Å². The van der Waals surface area contributed by atoms with E-state index in [9.17, 15) is 0 Å². The predicted molar refractivity (Wildman–Crippen MR) is 85.0 cm³/mol. The monoisotopic (exact) mass is 335 g/mol. The largest absolute Gasteiger partial charge is 0.377 e. The summed E-state index contributed by atoms with van der Waals surface area (Å²) >= 11 is 9.82. The highest BCUT2D eigenvalue weighted by molar-refractivity contribution is 9.10. The van der Waals surface area contributed by atoms with E-state index in [1.165, 1.54) is 16.7 Å². The van der Waals surface area contributed by atoms with Crippen molar-refractivity contribution in [2.75, 3.05) is 5.32 Å². The van der Waals surface area contributed by atoms with Gasteiger partial charge >= 0.3 is 0 Å². The van der Waals surface area contributed by atoms with E-state index in [1.54, 1.807) is 0 Å². The number of benzene rings is 2. The van der Waals surface area contributed by atoms with Crippen LogP contribution in [0.5, 0.6) is 0 Å². The Kier molecular flexibility index (Phi) is 3.55. The van der Waals surface area contributed by atoms with E-state index < -0.39 is 0 Å². The molecule has 3 heteroatoms. The number of anilines is 1. The Bertz CT molecular complexity index is 624. The van der Waals surface area contributed by atoms with Crippen LogP contribution in [0.1, 0.15) is 29.2 Å². The van der Waals surface area contributed by atoms with Crippen LogP contribution in [0.4, 0.5) is 5.69 Å². The highest BCUT2D eigenvalue weighted by Crippen LogP contribution is 2.36. The molecule has 98 valence electrons. The van der Waals surface area contributed by atoms with Gasteiger partial charge in [-0.15, -0.1) is 0 Å². The lowest BCUT2D eigenvalue weighted by molar-refractivity contribution is 0.762. The molecule has 0 fully saturated rings. The lowest BCUT2D eigenvalue weighted by Gasteiger charge is -2.17. The summed E-state index contributed by atoms with van der Waals surface area (Å²) in [6.07, 6.45) is 2.24. The third-order valence-electron chi connectivity index (χ3n) is 3.64. The first-order valence-electron chi connectivity index (χ1n) is 6.44. The van der Waals surface area contributed by atoms with Crippen molar-refractivity contribution in [3.63, 3.8) is 0 Å². The number of hydrogen-bond acceptors (Lipinski definition) is 1. The molecule has 0 spiro atoms. The maximum absolute atomic E-state index is 6.29. The van der Waals surface area contributed by atoms with Crippen LogP contribution in [0.2, 0.25) is 5.02 Å². The zero-order valence-corrected chi connectivity index (χ0v) is 13.1. The van der Waals surface area contributed by atoms with Crippen LogP contribution < -0.4 is 5.32 Å². The molecule has 0 amide bonds. The third kappa shape index (κ3) is 2.65. The van der Waals surface area contributed by atoms with Crippen molar-refractivity contribution in [2.24, 2.45) is 0 Å². The SMILES string of the molecule is Cc1ccc(NC2CCc3cc(Br)ccc32)c(Cl)c1. The zero-order valence-electron chi connectivity index (χ0n) is 10.7. The van der Waals surface area contributed by atoms with E-state index in [2.05, 4.69) is 58.5 Å².